The van der Waals surface area contributed by atoms with Crippen LogP contribution in [0, 0.1) is 6.92 Å². The topological polar surface area (TPSA) is 120 Å². The van der Waals surface area contributed by atoms with Gasteiger partial charge in [0.2, 0.25) is 0 Å². The number of nitrogens with one attached hydrogen (secondary N) is 1. The lowest BCUT2D eigenvalue weighted by Gasteiger charge is -2.35. The molecule has 0 aromatic carbocycles. The molecule has 0 unspecified atom stereocenters. The van der Waals surface area contributed by atoms with Crippen LogP contribution in [0.2, 0.25) is 0 Å². The average Bonchev–Trinajstić information content (AvgIpc) is 3.25. The van der Waals surface area contributed by atoms with Gasteiger partial charge in [-0.15, -0.1) is 11.3 Å². The zero-order valence-electron chi connectivity index (χ0n) is 14.0. The summed E-state index contributed by atoms with van der Waals surface area (Å²) in [5, 5.41) is 22.2. The Bertz CT molecular complexity index is 834. The van der Waals surface area contributed by atoms with Crippen molar-refractivity contribution in [3.05, 3.63) is 40.7 Å². The summed E-state index contributed by atoms with van der Waals surface area (Å²) in [6.07, 6.45) is 1.37. The molecule has 0 bridgehead atoms. The molecule has 8 nitrogen and oxygen atoms in total. The minimum absolute atomic E-state index is 0.0133. The van der Waals surface area contributed by atoms with Crippen molar-refractivity contribution in [1.82, 2.24) is 4.90 Å². The minimum Gasteiger partial charge on any atom is -0.479 e. The van der Waals surface area contributed by atoms with Crippen LogP contribution in [0.4, 0.5) is 5.00 Å². The molecule has 138 valence electrons. The normalized spacial score (nSPS) is 16.3. The van der Waals surface area contributed by atoms with E-state index in [4.69, 9.17) is 9.52 Å². The third-order valence-corrected chi connectivity index (χ3v) is 5.51. The molecule has 1 aliphatic heterocycles. The van der Waals surface area contributed by atoms with E-state index in [1.165, 1.54) is 11.2 Å². The van der Waals surface area contributed by atoms with E-state index in [1.807, 2.05) is 0 Å². The van der Waals surface area contributed by atoms with E-state index in [0.717, 1.165) is 11.3 Å². The molecule has 0 aliphatic carbocycles. The first-order chi connectivity index (χ1) is 12.3. The number of piperidine rings is 1. The molecule has 2 aromatic heterocycles. The van der Waals surface area contributed by atoms with E-state index in [9.17, 15) is 19.5 Å². The van der Waals surface area contributed by atoms with Crippen LogP contribution >= 0.6 is 11.3 Å². The summed E-state index contributed by atoms with van der Waals surface area (Å²) in [5.74, 6) is -1.73. The van der Waals surface area contributed by atoms with Gasteiger partial charge in [0, 0.05) is 25.9 Å². The highest BCUT2D eigenvalue weighted by molar-refractivity contribution is 7.18. The minimum atomic E-state index is -1.77. The lowest BCUT2D eigenvalue weighted by Crippen LogP contribution is -2.50. The van der Waals surface area contributed by atoms with Gasteiger partial charge in [-0.05, 0) is 30.7 Å². The number of carboxylic acids is 1. The van der Waals surface area contributed by atoms with Gasteiger partial charge < -0.3 is 24.8 Å². The number of aryl methyl sites for hydroxylation is 1. The highest BCUT2D eigenvalue weighted by Crippen LogP contribution is 2.30. The van der Waals surface area contributed by atoms with Crippen molar-refractivity contribution >= 4 is 34.1 Å². The molecule has 0 saturated carbocycles. The van der Waals surface area contributed by atoms with Crippen molar-refractivity contribution in [1.29, 1.82) is 0 Å². The molecule has 0 radical (unpaired) electrons. The lowest BCUT2D eigenvalue weighted by atomic mass is 9.91. The number of thiophene rings is 1. The van der Waals surface area contributed by atoms with Crippen LogP contribution in [0.3, 0.4) is 0 Å². The molecule has 0 spiro atoms. The van der Waals surface area contributed by atoms with Crippen LogP contribution in [0.5, 0.6) is 0 Å². The predicted molar refractivity (Wildman–Crippen MR) is 93.4 cm³/mol. The molecule has 1 saturated heterocycles. The highest BCUT2D eigenvalue weighted by atomic mass is 32.1. The van der Waals surface area contributed by atoms with Crippen molar-refractivity contribution in [2.45, 2.75) is 25.4 Å². The molecule has 3 N–H and O–H groups in total. The number of hydrogen-bond acceptors (Lipinski definition) is 6. The van der Waals surface area contributed by atoms with Gasteiger partial charge in [-0.1, -0.05) is 0 Å². The summed E-state index contributed by atoms with van der Waals surface area (Å²) in [4.78, 5) is 37.8. The third kappa shape index (κ3) is 3.49. The van der Waals surface area contributed by atoms with Crippen molar-refractivity contribution < 1.29 is 29.0 Å². The Hall–Kier alpha value is -2.65. The zero-order chi connectivity index (χ0) is 18.9. The van der Waals surface area contributed by atoms with E-state index in [2.05, 4.69) is 5.32 Å². The SMILES string of the molecule is Cc1cc(NC(=O)c2ccco2)sc1C(=O)N1CCC(O)(C(=O)O)CC1. The highest BCUT2D eigenvalue weighted by Gasteiger charge is 2.40. The summed E-state index contributed by atoms with van der Waals surface area (Å²) in [5.41, 5.74) is -1.06. The fourth-order valence-corrected chi connectivity index (χ4v) is 3.81. The van der Waals surface area contributed by atoms with Crippen LogP contribution in [0.15, 0.2) is 28.9 Å². The molecule has 0 atom stereocenters. The van der Waals surface area contributed by atoms with Crippen LogP contribution in [-0.2, 0) is 4.79 Å². The first-order valence-corrected chi connectivity index (χ1v) is 8.82. The van der Waals surface area contributed by atoms with Gasteiger partial charge in [0.25, 0.3) is 11.8 Å². The summed E-state index contributed by atoms with van der Waals surface area (Å²) >= 11 is 1.15. The Kier molecular flexibility index (Phi) is 4.84. The monoisotopic (exact) mass is 378 g/mol. The number of furan rings is 1. The van der Waals surface area contributed by atoms with Crippen LogP contribution < -0.4 is 5.32 Å². The number of carbonyl (C=O) groups is 3. The van der Waals surface area contributed by atoms with Crippen molar-refractivity contribution in [2.24, 2.45) is 0 Å². The average molecular weight is 378 g/mol. The van der Waals surface area contributed by atoms with Gasteiger partial charge in [0.05, 0.1) is 16.1 Å². The zero-order valence-corrected chi connectivity index (χ0v) is 14.8. The molecule has 1 aliphatic rings. The maximum Gasteiger partial charge on any atom is 0.335 e. The molecule has 3 heterocycles. The Morgan fingerprint density at radius 1 is 1.31 bits per heavy atom. The van der Waals surface area contributed by atoms with Gasteiger partial charge in [0.1, 0.15) is 0 Å². The number of anilines is 1. The summed E-state index contributed by atoms with van der Waals surface area (Å²) in [7, 11) is 0. The number of rotatable bonds is 4. The smallest absolute Gasteiger partial charge is 0.335 e. The summed E-state index contributed by atoms with van der Waals surface area (Å²) in [6, 6.07) is 4.85. The molecule has 26 heavy (non-hydrogen) atoms. The largest absolute Gasteiger partial charge is 0.479 e. The number of likely N-dealkylation sites (tertiary alicyclic amines) is 1. The molecule has 3 rings (SSSR count). The van der Waals surface area contributed by atoms with E-state index in [1.54, 1.807) is 25.1 Å². The Balaban J connectivity index is 1.68. The fourth-order valence-electron chi connectivity index (χ4n) is 2.77. The second-order valence-electron chi connectivity index (χ2n) is 6.18. The van der Waals surface area contributed by atoms with Crippen LogP contribution in [-0.4, -0.2) is 51.6 Å². The fraction of sp³-hybridized carbons (Fsp3) is 0.353. The van der Waals surface area contributed by atoms with Crippen molar-refractivity contribution in [3.8, 4) is 0 Å². The number of hydrogen-bond donors (Lipinski definition) is 3. The maximum absolute atomic E-state index is 12.7. The molecular weight excluding hydrogens is 360 g/mol. The number of amides is 2. The summed E-state index contributed by atoms with van der Waals surface area (Å²) < 4.78 is 5.03. The predicted octanol–water partition coefficient (Wildman–Crippen LogP) is 1.95. The van der Waals surface area contributed by atoms with E-state index >= 15 is 0 Å². The molecule has 2 aromatic rings. The van der Waals surface area contributed by atoms with E-state index in [-0.39, 0.29) is 37.6 Å². The maximum atomic E-state index is 12.7. The quantitative estimate of drug-likeness (QED) is 0.748. The molecular formula is C17H18N2O6S. The van der Waals surface area contributed by atoms with Crippen molar-refractivity contribution in [3.63, 3.8) is 0 Å². The second-order valence-corrected chi connectivity index (χ2v) is 7.24. The first-order valence-electron chi connectivity index (χ1n) is 8.00. The van der Waals surface area contributed by atoms with Gasteiger partial charge >= 0.3 is 5.97 Å². The van der Waals surface area contributed by atoms with Crippen molar-refractivity contribution in [2.75, 3.05) is 18.4 Å². The van der Waals surface area contributed by atoms with E-state index < -0.39 is 17.5 Å². The third-order valence-electron chi connectivity index (χ3n) is 4.37. The Morgan fingerprint density at radius 2 is 2.00 bits per heavy atom. The van der Waals surface area contributed by atoms with Gasteiger partial charge in [-0.2, -0.15) is 0 Å². The van der Waals surface area contributed by atoms with E-state index in [0.29, 0.717) is 15.4 Å². The number of carbonyl (C=O) groups excluding carboxylic acids is 2. The Labute approximate surface area is 153 Å². The second kappa shape index (κ2) is 6.93. The number of nitrogens with zero attached hydrogens (tertiary/aromatic N) is 1. The molecule has 1 fully saturated rings. The number of aliphatic hydroxyl groups is 1. The molecule has 9 heteroatoms. The van der Waals surface area contributed by atoms with Gasteiger partial charge in [-0.3, -0.25) is 9.59 Å². The lowest BCUT2D eigenvalue weighted by molar-refractivity contribution is -0.162. The van der Waals surface area contributed by atoms with Gasteiger partial charge in [-0.25, -0.2) is 4.79 Å². The Morgan fingerprint density at radius 3 is 2.58 bits per heavy atom. The number of carboxylic acid groups (broad SMARTS) is 1. The summed E-state index contributed by atoms with van der Waals surface area (Å²) in [6.45, 7) is 2.09. The van der Waals surface area contributed by atoms with Crippen LogP contribution in [0.25, 0.3) is 0 Å². The standard InChI is InChI=1S/C17H18N2O6S/c1-10-9-12(18-14(20)11-3-2-8-25-11)26-13(10)15(21)19-6-4-17(24,5-7-19)16(22)23/h2-3,8-9,24H,4-7H2,1H3,(H,18,20)(H,22,23). The van der Waals surface area contributed by atoms with Gasteiger partial charge in [0.15, 0.2) is 11.4 Å². The van der Waals surface area contributed by atoms with Crippen LogP contribution in [0.1, 0.15) is 38.6 Å². The first kappa shape index (κ1) is 18.2. The number of aliphatic carboxylic acids is 1. The molecule has 2 amide bonds.